The second kappa shape index (κ2) is 8.92. The minimum Gasteiger partial charge on any atom is -0.496 e. The number of carboxylic acid groups (broad SMARTS) is 1. The number of carbonyl (C=O) groups excluding carboxylic acids is 1. The van der Waals surface area contributed by atoms with Gasteiger partial charge in [0, 0.05) is 35.3 Å². The molecule has 0 bridgehead atoms. The molecule has 1 heterocycles. The molecule has 0 atom stereocenters. The van der Waals surface area contributed by atoms with Gasteiger partial charge in [0.25, 0.3) is 0 Å². The molecule has 3 rings (SSSR count). The van der Waals surface area contributed by atoms with Crippen molar-refractivity contribution in [1.82, 2.24) is 9.78 Å². The van der Waals surface area contributed by atoms with E-state index in [2.05, 4.69) is 5.32 Å². The Hall–Kier alpha value is -3.52. The van der Waals surface area contributed by atoms with E-state index in [0.29, 0.717) is 16.5 Å². The lowest BCUT2D eigenvalue weighted by molar-refractivity contribution is 0.0693. The standard InChI is InChI=1S/C23H25ClN4O4/c1-23(2,3)19-13-20(28(26-19)16-8-6-7-14(24)11-16)27(4)22(31)25-15-9-10-17(21(29)30)18(12-15)32-5/h6-13H,1-5H3,(H,25,31)(H,29,30). The molecule has 0 unspecified atom stereocenters. The Labute approximate surface area is 191 Å². The van der Waals surface area contributed by atoms with Crippen LogP contribution in [-0.4, -0.2) is 41.0 Å². The monoisotopic (exact) mass is 456 g/mol. The Bertz CT molecular complexity index is 1170. The number of aromatic carboxylic acids is 1. The van der Waals surface area contributed by atoms with Gasteiger partial charge in [0.2, 0.25) is 0 Å². The topological polar surface area (TPSA) is 96.7 Å². The number of anilines is 2. The summed E-state index contributed by atoms with van der Waals surface area (Å²) in [6, 6.07) is 13.0. The number of hydrogen-bond acceptors (Lipinski definition) is 4. The van der Waals surface area contributed by atoms with E-state index in [-0.39, 0.29) is 16.7 Å². The number of halogens is 1. The normalized spacial score (nSPS) is 11.2. The number of nitrogens with one attached hydrogen (secondary N) is 1. The number of benzene rings is 2. The Morgan fingerprint density at radius 1 is 1.16 bits per heavy atom. The summed E-state index contributed by atoms with van der Waals surface area (Å²) in [5.41, 5.74) is 1.69. The highest BCUT2D eigenvalue weighted by Gasteiger charge is 2.25. The molecule has 0 spiro atoms. The van der Waals surface area contributed by atoms with Crippen molar-refractivity contribution in [1.29, 1.82) is 0 Å². The molecule has 2 aromatic carbocycles. The third kappa shape index (κ3) is 4.86. The van der Waals surface area contributed by atoms with Crippen LogP contribution >= 0.6 is 11.6 Å². The number of carbonyl (C=O) groups is 2. The van der Waals surface area contributed by atoms with Crippen molar-refractivity contribution < 1.29 is 19.4 Å². The predicted octanol–water partition coefficient (Wildman–Crippen LogP) is 5.20. The summed E-state index contributed by atoms with van der Waals surface area (Å²) in [5.74, 6) is -0.419. The summed E-state index contributed by atoms with van der Waals surface area (Å²) in [6.45, 7) is 6.12. The van der Waals surface area contributed by atoms with Gasteiger partial charge in [0.15, 0.2) is 0 Å². The molecule has 2 amide bonds. The molecule has 3 aromatic rings. The van der Waals surface area contributed by atoms with Crippen LogP contribution in [0.1, 0.15) is 36.8 Å². The Morgan fingerprint density at radius 3 is 2.47 bits per heavy atom. The van der Waals surface area contributed by atoms with Gasteiger partial charge in [-0.3, -0.25) is 4.90 Å². The zero-order valence-corrected chi connectivity index (χ0v) is 19.3. The first-order valence-corrected chi connectivity index (χ1v) is 10.2. The number of methoxy groups -OCH3 is 1. The first-order chi connectivity index (χ1) is 15.0. The molecule has 168 valence electrons. The minimum absolute atomic E-state index is 0.00713. The van der Waals surface area contributed by atoms with E-state index >= 15 is 0 Å². The number of hydrogen-bond donors (Lipinski definition) is 2. The molecule has 0 aliphatic carbocycles. The molecule has 0 fully saturated rings. The van der Waals surface area contributed by atoms with Crippen LogP contribution in [-0.2, 0) is 5.41 Å². The summed E-state index contributed by atoms with van der Waals surface area (Å²) in [4.78, 5) is 25.8. The Kier molecular flexibility index (Phi) is 6.45. The molecule has 0 radical (unpaired) electrons. The van der Waals surface area contributed by atoms with E-state index in [1.807, 2.05) is 39.0 Å². The highest BCUT2D eigenvalue weighted by Crippen LogP contribution is 2.29. The van der Waals surface area contributed by atoms with Gasteiger partial charge in [0.05, 0.1) is 18.5 Å². The highest BCUT2D eigenvalue weighted by atomic mass is 35.5. The zero-order chi connectivity index (χ0) is 23.6. The highest BCUT2D eigenvalue weighted by molar-refractivity contribution is 6.30. The molecule has 32 heavy (non-hydrogen) atoms. The number of urea groups is 1. The molecule has 1 aromatic heterocycles. The van der Waals surface area contributed by atoms with Gasteiger partial charge < -0.3 is 15.2 Å². The first kappa shape index (κ1) is 23.1. The fraction of sp³-hybridized carbons (Fsp3) is 0.261. The van der Waals surface area contributed by atoms with Crippen LogP contribution in [0.5, 0.6) is 5.75 Å². The van der Waals surface area contributed by atoms with Gasteiger partial charge in [0.1, 0.15) is 17.1 Å². The molecule has 9 heteroatoms. The second-order valence-electron chi connectivity index (χ2n) is 8.24. The lowest BCUT2D eigenvalue weighted by atomic mass is 9.92. The fourth-order valence-corrected chi connectivity index (χ4v) is 3.22. The fourth-order valence-electron chi connectivity index (χ4n) is 3.03. The van der Waals surface area contributed by atoms with Crippen molar-refractivity contribution in [2.75, 3.05) is 24.4 Å². The van der Waals surface area contributed by atoms with Crippen LogP contribution in [0.25, 0.3) is 5.69 Å². The molecular formula is C23H25ClN4O4. The third-order valence-corrected chi connectivity index (χ3v) is 5.08. The van der Waals surface area contributed by atoms with Gasteiger partial charge in [-0.25, -0.2) is 14.3 Å². The van der Waals surface area contributed by atoms with Crippen LogP contribution in [0.2, 0.25) is 5.02 Å². The van der Waals surface area contributed by atoms with Crippen molar-refractivity contribution in [3.63, 3.8) is 0 Å². The van der Waals surface area contributed by atoms with Crippen molar-refractivity contribution in [3.05, 3.63) is 64.8 Å². The number of nitrogens with zero attached hydrogens (tertiary/aromatic N) is 3. The van der Waals surface area contributed by atoms with E-state index in [4.69, 9.17) is 21.4 Å². The summed E-state index contributed by atoms with van der Waals surface area (Å²) < 4.78 is 6.80. The number of ether oxygens (including phenoxy) is 1. The average Bonchev–Trinajstić information content (AvgIpc) is 3.19. The molecule has 8 nitrogen and oxygen atoms in total. The maximum Gasteiger partial charge on any atom is 0.339 e. The number of aromatic nitrogens is 2. The van der Waals surface area contributed by atoms with Crippen LogP contribution < -0.4 is 15.0 Å². The van der Waals surface area contributed by atoms with Crippen LogP contribution in [0.15, 0.2) is 48.5 Å². The van der Waals surface area contributed by atoms with Gasteiger partial charge in [-0.2, -0.15) is 5.10 Å². The largest absolute Gasteiger partial charge is 0.496 e. The molecule has 0 saturated carbocycles. The third-order valence-electron chi connectivity index (χ3n) is 4.84. The van der Waals surface area contributed by atoms with Crippen molar-refractivity contribution >= 4 is 35.1 Å². The van der Waals surface area contributed by atoms with E-state index in [1.54, 1.807) is 23.9 Å². The zero-order valence-electron chi connectivity index (χ0n) is 18.5. The van der Waals surface area contributed by atoms with Crippen molar-refractivity contribution in [2.45, 2.75) is 26.2 Å². The SMILES string of the molecule is COc1cc(NC(=O)N(C)c2cc(C(C)(C)C)nn2-c2cccc(Cl)c2)ccc1C(=O)O. The molecule has 0 aliphatic rings. The average molecular weight is 457 g/mol. The summed E-state index contributed by atoms with van der Waals surface area (Å²) >= 11 is 6.17. The summed E-state index contributed by atoms with van der Waals surface area (Å²) in [6.07, 6.45) is 0. The van der Waals surface area contributed by atoms with E-state index in [0.717, 1.165) is 11.4 Å². The maximum atomic E-state index is 13.0. The van der Waals surface area contributed by atoms with Crippen LogP contribution in [0.4, 0.5) is 16.3 Å². The molecular weight excluding hydrogens is 432 g/mol. The number of carboxylic acids is 1. The second-order valence-corrected chi connectivity index (χ2v) is 8.68. The smallest absolute Gasteiger partial charge is 0.339 e. The molecule has 2 N–H and O–H groups in total. The van der Waals surface area contributed by atoms with Crippen molar-refractivity contribution in [3.8, 4) is 11.4 Å². The van der Waals surface area contributed by atoms with Crippen LogP contribution in [0, 0.1) is 0 Å². The maximum absolute atomic E-state index is 13.0. The van der Waals surface area contributed by atoms with Gasteiger partial charge in [-0.05, 0) is 30.3 Å². The Balaban J connectivity index is 1.96. The first-order valence-electron chi connectivity index (χ1n) is 9.84. The van der Waals surface area contributed by atoms with Gasteiger partial charge in [-0.15, -0.1) is 0 Å². The minimum atomic E-state index is -1.11. The van der Waals surface area contributed by atoms with Crippen LogP contribution in [0.3, 0.4) is 0 Å². The summed E-state index contributed by atoms with van der Waals surface area (Å²) in [7, 11) is 3.00. The summed E-state index contributed by atoms with van der Waals surface area (Å²) in [5, 5.41) is 17.3. The van der Waals surface area contributed by atoms with E-state index < -0.39 is 12.0 Å². The van der Waals surface area contributed by atoms with Gasteiger partial charge in [-0.1, -0.05) is 38.4 Å². The lowest BCUT2D eigenvalue weighted by Gasteiger charge is -2.19. The lowest BCUT2D eigenvalue weighted by Crippen LogP contribution is -2.32. The molecule has 0 saturated heterocycles. The van der Waals surface area contributed by atoms with E-state index in [9.17, 15) is 14.7 Å². The van der Waals surface area contributed by atoms with E-state index in [1.165, 1.54) is 30.2 Å². The molecule has 0 aliphatic heterocycles. The quantitative estimate of drug-likeness (QED) is 0.550. The number of rotatable bonds is 5. The van der Waals surface area contributed by atoms with Crippen molar-refractivity contribution in [2.24, 2.45) is 0 Å². The number of amides is 2. The predicted molar refractivity (Wildman–Crippen MR) is 125 cm³/mol. The Morgan fingerprint density at radius 2 is 1.88 bits per heavy atom. The van der Waals surface area contributed by atoms with Gasteiger partial charge >= 0.3 is 12.0 Å².